The quantitative estimate of drug-likeness (QED) is 0.555. The van der Waals surface area contributed by atoms with Crippen molar-refractivity contribution in [1.29, 1.82) is 0 Å². The summed E-state index contributed by atoms with van der Waals surface area (Å²) in [6, 6.07) is 7.42. The van der Waals surface area contributed by atoms with E-state index in [2.05, 4.69) is 18.4 Å². The van der Waals surface area contributed by atoms with Crippen molar-refractivity contribution in [2.75, 3.05) is 5.73 Å². The van der Waals surface area contributed by atoms with Crippen LogP contribution >= 0.6 is 11.3 Å². The van der Waals surface area contributed by atoms with Gasteiger partial charge >= 0.3 is 0 Å². The van der Waals surface area contributed by atoms with Crippen LogP contribution in [-0.4, -0.2) is 5.11 Å². The fourth-order valence-corrected chi connectivity index (χ4v) is 2.03. The van der Waals surface area contributed by atoms with E-state index in [4.69, 9.17) is 5.73 Å². The van der Waals surface area contributed by atoms with E-state index in [9.17, 15) is 5.11 Å². The monoisotopic (exact) mass is 205 g/mol. The summed E-state index contributed by atoms with van der Waals surface area (Å²) in [5, 5.41) is 11.5. The van der Waals surface area contributed by atoms with Crippen molar-refractivity contribution in [2.45, 2.75) is 6.92 Å². The Bertz CT molecular complexity index is 462. The molecular formula is C11H11NOS. The van der Waals surface area contributed by atoms with E-state index in [1.807, 2.05) is 6.07 Å². The van der Waals surface area contributed by atoms with Crippen LogP contribution < -0.4 is 5.73 Å². The minimum Gasteiger partial charge on any atom is -0.506 e. The van der Waals surface area contributed by atoms with E-state index in [-0.39, 0.29) is 5.75 Å². The molecule has 3 heteroatoms. The number of anilines is 1. The van der Waals surface area contributed by atoms with Gasteiger partial charge in [0.1, 0.15) is 5.75 Å². The second-order valence-electron chi connectivity index (χ2n) is 3.22. The Hall–Kier alpha value is -1.48. The number of aromatic hydroxyl groups is 1. The second-order valence-corrected chi connectivity index (χ2v) is 4.33. The summed E-state index contributed by atoms with van der Waals surface area (Å²) in [5.74, 6) is 0.145. The number of nitrogen functional groups attached to an aromatic ring is 1. The topological polar surface area (TPSA) is 46.2 Å². The van der Waals surface area contributed by atoms with Crippen LogP contribution in [-0.2, 0) is 0 Å². The average Bonchev–Trinajstić information content (AvgIpc) is 2.57. The number of rotatable bonds is 1. The maximum absolute atomic E-state index is 9.45. The van der Waals surface area contributed by atoms with Crippen molar-refractivity contribution in [1.82, 2.24) is 0 Å². The van der Waals surface area contributed by atoms with E-state index in [0.717, 1.165) is 11.1 Å². The summed E-state index contributed by atoms with van der Waals surface area (Å²) in [6.45, 7) is 2.06. The molecule has 14 heavy (non-hydrogen) atoms. The largest absolute Gasteiger partial charge is 0.506 e. The lowest BCUT2D eigenvalue weighted by atomic mass is 10.1. The van der Waals surface area contributed by atoms with Gasteiger partial charge in [0.05, 0.1) is 5.69 Å². The van der Waals surface area contributed by atoms with Crippen LogP contribution in [0.3, 0.4) is 0 Å². The molecule has 2 nitrogen and oxygen atoms in total. The molecule has 0 aliphatic carbocycles. The highest BCUT2D eigenvalue weighted by Crippen LogP contribution is 2.30. The number of aryl methyl sites for hydroxylation is 1. The van der Waals surface area contributed by atoms with Gasteiger partial charge in [0.25, 0.3) is 0 Å². The number of phenolic OH excluding ortho intramolecular Hbond substituents is 1. The van der Waals surface area contributed by atoms with Gasteiger partial charge in [0, 0.05) is 4.88 Å². The zero-order valence-corrected chi connectivity index (χ0v) is 8.64. The van der Waals surface area contributed by atoms with Gasteiger partial charge in [-0.1, -0.05) is 6.07 Å². The minimum absolute atomic E-state index is 0.145. The average molecular weight is 205 g/mol. The summed E-state index contributed by atoms with van der Waals surface area (Å²) in [6.07, 6.45) is 0. The Morgan fingerprint density at radius 1 is 1.21 bits per heavy atom. The maximum Gasteiger partial charge on any atom is 0.139 e. The Morgan fingerprint density at radius 2 is 2.00 bits per heavy atom. The van der Waals surface area contributed by atoms with Crippen molar-refractivity contribution >= 4 is 17.0 Å². The summed E-state index contributed by atoms with van der Waals surface area (Å²) in [5.41, 5.74) is 8.07. The first-order chi connectivity index (χ1) is 6.66. The summed E-state index contributed by atoms with van der Waals surface area (Å²) in [4.78, 5) is 1.26. The molecule has 0 unspecified atom stereocenters. The molecule has 2 rings (SSSR count). The highest BCUT2D eigenvalue weighted by Gasteiger charge is 2.02. The van der Waals surface area contributed by atoms with Gasteiger partial charge in [-0.3, -0.25) is 0 Å². The van der Waals surface area contributed by atoms with Crippen LogP contribution in [0.15, 0.2) is 29.6 Å². The fourth-order valence-electron chi connectivity index (χ4n) is 1.32. The summed E-state index contributed by atoms with van der Waals surface area (Å²) >= 11 is 1.70. The normalized spacial score (nSPS) is 10.4. The van der Waals surface area contributed by atoms with Gasteiger partial charge in [-0.25, -0.2) is 0 Å². The lowest BCUT2D eigenvalue weighted by Crippen LogP contribution is -1.85. The molecule has 0 radical (unpaired) electrons. The SMILES string of the molecule is Cc1cc(-c2ccc(N)c(O)c2)cs1. The highest BCUT2D eigenvalue weighted by molar-refractivity contribution is 7.10. The molecule has 0 saturated heterocycles. The molecule has 0 aliphatic heterocycles. The molecule has 0 saturated carbocycles. The van der Waals surface area contributed by atoms with E-state index >= 15 is 0 Å². The zero-order valence-electron chi connectivity index (χ0n) is 7.82. The molecule has 0 atom stereocenters. The van der Waals surface area contributed by atoms with Crippen molar-refractivity contribution in [3.63, 3.8) is 0 Å². The number of phenols is 1. The molecule has 1 aromatic carbocycles. The van der Waals surface area contributed by atoms with Crippen LogP contribution in [0.25, 0.3) is 11.1 Å². The first-order valence-electron chi connectivity index (χ1n) is 4.31. The third kappa shape index (κ3) is 1.59. The third-order valence-corrected chi connectivity index (χ3v) is 2.96. The molecule has 2 aromatic rings. The predicted molar refractivity (Wildman–Crippen MR) is 60.6 cm³/mol. The molecule has 72 valence electrons. The molecular weight excluding hydrogens is 194 g/mol. The fraction of sp³-hybridized carbons (Fsp3) is 0.0909. The second kappa shape index (κ2) is 3.35. The lowest BCUT2D eigenvalue weighted by molar-refractivity contribution is 0.478. The molecule has 0 aliphatic rings. The Kier molecular flexibility index (Phi) is 2.17. The minimum atomic E-state index is 0.145. The van der Waals surface area contributed by atoms with Gasteiger partial charge in [0.15, 0.2) is 0 Å². The number of nitrogens with two attached hydrogens (primary N) is 1. The molecule has 0 bridgehead atoms. The Labute approximate surface area is 86.6 Å². The first kappa shape index (κ1) is 9.09. The molecule has 3 N–H and O–H groups in total. The lowest BCUT2D eigenvalue weighted by Gasteiger charge is -2.01. The van der Waals surface area contributed by atoms with E-state index < -0.39 is 0 Å². The number of hydrogen-bond donors (Lipinski definition) is 2. The van der Waals surface area contributed by atoms with Gasteiger partial charge in [0.2, 0.25) is 0 Å². The van der Waals surface area contributed by atoms with E-state index in [1.165, 1.54) is 4.88 Å². The summed E-state index contributed by atoms with van der Waals surface area (Å²) < 4.78 is 0. The van der Waals surface area contributed by atoms with Crippen molar-refractivity contribution in [2.24, 2.45) is 0 Å². The van der Waals surface area contributed by atoms with Crippen LogP contribution in [0.5, 0.6) is 5.75 Å². The molecule has 1 aromatic heterocycles. The van der Waals surface area contributed by atoms with Crippen molar-refractivity contribution in [3.05, 3.63) is 34.5 Å². The van der Waals surface area contributed by atoms with Gasteiger partial charge in [-0.15, -0.1) is 11.3 Å². The van der Waals surface area contributed by atoms with Gasteiger partial charge in [-0.2, -0.15) is 0 Å². The van der Waals surface area contributed by atoms with Crippen molar-refractivity contribution < 1.29 is 5.11 Å². The third-order valence-electron chi connectivity index (χ3n) is 2.09. The van der Waals surface area contributed by atoms with Crippen LogP contribution in [0, 0.1) is 6.92 Å². The molecule has 0 spiro atoms. The molecule has 1 heterocycles. The van der Waals surface area contributed by atoms with Gasteiger partial charge < -0.3 is 10.8 Å². The summed E-state index contributed by atoms with van der Waals surface area (Å²) in [7, 11) is 0. The molecule has 0 fully saturated rings. The predicted octanol–water partition coefficient (Wildman–Crippen LogP) is 3.01. The van der Waals surface area contributed by atoms with E-state index in [1.54, 1.807) is 23.5 Å². The molecule has 0 amide bonds. The maximum atomic E-state index is 9.45. The van der Waals surface area contributed by atoms with Crippen LogP contribution in [0.2, 0.25) is 0 Å². The van der Waals surface area contributed by atoms with Crippen LogP contribution in [0.1, 0.15) is 4.88 Å². The number of benzene rings is 1. The highest BCUT2D eigenvalue weighted by atomic mass is 32.1. The standard InChI is InChI=1S/C11H11NOS/c1-7-4-9(6-14-7)8-2-3-10(12)11(13)5-8/h2-6,13H,12H2,1H3. The van der Waals surface area contributed by atoms with Gasteiger partial charge in [-0.05, 0) is 41.6 Å². The zero-order chi connectivity index (χ0) is 10.1. The Morgan fingerprint density at radius 3 is 2.57 bits per heavy atom. The Balaban J connectivity index is 2.47. The smallest absolute Gasteiger partial charge is 0.139 e. The van der Waals surface area contributed by atoms with Crippen molar-refractivity contribution in [3.8, 4) is 16.9 Å². The number of hydrogen-bond acceptors (Lipinski definition) is 3. The van der Waals surface area contributed by atoms with Crippen LogP contribution in [0.4, 0.5) is 5.69 Å². The number of thiophene rings is 1. The first-order valence-corrected chi connectivity index (χ1v) is 5.19. The van der Waals surface area contributed by atoms with E-state index in [0.29, 0.717) is 5.69 Å².